The van der Waals surface area contributed by atoms with Crippen molar-refractivity contribution in [2.24, 2.45) is 0 Å². The molecule has 0 atom stereocenters. The van der Waals surface area contributed by atoms with Crippen molar-refractivity contribution in [2.45, 2.75) is 17.6 Å². The molecule has 0 aliphatic carbocycles. The number of fused-ring (bicyclic) bond motifs is 1. The second kappa shape index (κ2) is 6.97. The number of hydrogen-bond donors (Lipinski definition) is 0. The van der Waals surface area contributed by atoms with E-state index in [1.165, 1.54) is 18.5 Å². The van der Waals surface area contributed by atoms with Crippen molar-refractivity contribution in [2.75, 3.05) is 36.0 Å². The summed E-state index contributed by atoms with van der Waals surface area (Å²) in [5, 5.41) is 4.20. The molecule has 1 aromatic carbocycles. The van der Waals surface area contributed by atoms with Gasteiger partial charge in [0.25, 0.3) is 5.78 Å². The van der Waals surface area contributed by atoms with Gasteiger partial charge in [0.1, 0.15) is 12.1 Å². The zero-order valence-electron chi connectivity index (χ0n) is 15.0. The van der Waals surface area contributed by atoms with E-state index < -0.39 is 15.6 Å². The van der Waals surface area contributed by atoms with Crippen LogP contribution < -0.4 is 9.80 Å². The number of aromatic nitrogens is 4. The van der Waals surface area contributed by atoms with Crippen LogP contribution in [0.3, 0.4) is 0 Å². The second-order valence-corrected chi connectivity index (χ2v) is 8.36. The summed E-state index contributed by atoms with van der Waals surface area (Å²) < 4.78 is 51.8. The molecule has 0 spiro atoms. The molecule has 1 fully saturated rings. The number of nitrogens with zero attached hydrogens (tertiary/aromatic N) is 6. The smallest absolute Gasteiger partial charge is 0.341 e. The molecular weight excluding hydrogens is 390 g/mol. The normalized spacial score (nSPS) is 15.6. The Morgan fingerprint density at radius 2 is 1.75 bits per heavy atom. The summed E-state index contributed by atoms with van der Waals surface area (Å²) >= 11 is 0. The van der Waals surface area contributed by atoms with Crippen molar-refractivity contribution < 1.29 is 17.2 Å². The number of anilines is 2. The quantitative estimate of drug-likeness (QED) is 0.650. The third kappa shape index (κ3) is 3.15. The summed E-state index contributed by atoms with van der Waals surface area (Å²) in [5.74, 6) is -2.10. The van der Waals surface area contributed by atoms with Gasteiger partial charge in [0, 0.05) is 37.9 Å². The van der Waals surface area contributed by atoms with E-state index in [0.717, 1.165) is 11.5 Å². The van der Waals surface area contributed by atoms with Crippen LogP contribution in [-0.4, -0.2) is 59.9 Å². The van der Waals surface area contributed by atoms with E-state index >= 15 is 0 Å². The summed E-state index contributed by atoms with van der Waals surface area (Å²) in [6.07, 6.45) is 1.44. The van der Waals surface area contributed by atoms with Crippen LogP contribution in [0.25, 0.3) is 5.78 Å². The fraction of sp³-hybridized carbons (Fsp3) is 0.353. The molecule has 28 heavy (non-hydrogen) atoms. The van der Waals surface area contributed by atoms with E-state index in [9.17, 15) is 17.2 Å². The molecule has 8 nitrogen and oxygen atoms in total. The maximum atomic E-state index is 13.0. The van der Waals surface area contributed by atoms with E-state index in [1.54, 1.807) is 16.6 Å². The van der Waals surface area contributed by atoms with E-state index in [1.807, 2.05) is 17.9 Å². The fourth-order valence-electron chi connectivity index (χ4n) is 3.37. The van der Waals surface area contributed by atoms with Crippen LogP contribution in [0.1, 0.15) is 5.69 Å². The van der Waals surface area contributed by atoms with Crippen LogP contribution in [0.15, 0.2) is 41.6 Å². The molecule has 148 valence electrons. The van der Waals surface area contributed by atoms with Crippen LogP contribution in [-0.2, 0) is 9.84 Å². The highest BCUT2D eigenvalue weighted by Crippen LogP contribution is 2.30. The molecule has 0 radical (unpaired) electrons. The van der Waals surface area contributed by atoms with Gasteiger partial charge in [-0.3, -0.25) is 0 Å². The van der Waals surface area contributed by atoms with Crippen molar-refractivity contribution in [1.82, 2.24) is 19.6 Å². The van der Waals surface area contributed by atoms with Crippen LogP contribution in [0, 0.1) is 6.92 Å². The number of benzene rings is 1. The van der Waals surface area contributed by atoms with Crippen molar-refractivity contribution in [3.8, 4) is 0 Å². The van der Waals surface area contributed by atoms with Crippen LogP contribution in [0.2, 0.25) is 0 Å². The number of alkyl halides is 2. The Bertz CT molecular complexity index is 1110. The summed E-state index contributed by atoms with van der Waals surface area (Å²) in [6.45, 7) is 3.98. The third-order valence-electron chi connectivity index (χ3n) is 4.71. The number of para-hydroxylation sites is 1. The minimum atomic E-state index is -4.67. The number of piperazine rings is 1. The van der Waals surface area contributed by atoms with E-state index in [0.29, 0.717) is 37.6 Å². The van der Waals surface area contributed by atoms with Gasteiger partial charge in [-0.15, -0.1) is 0 Å². The molecule has 1 aliphatic rings. The lowest BCUT2D eigenvalue weighted by Crippen LogP contribution is -2.47. The van der Waals surface area contributed by atoms with Crippen molar-refractivity contribution in [3.05, 3.63) is 42.4 Å². The van der Waals surface area contributed by atoms with E-state index in [-0.39, 0.29) is 4.90 Å². The van der Waals surface area contributed by atoms with Crippen molar-refractivity contribution in [1.29, 1.82) is 0 Å². The summed E-state index contributed by atoms with van der Waals surface area (Å²) in [7, 11) is -4.67. The number of hydrogen-bond acceptors (Lipinski definition) is 7. The molecule has 0 saturated carbocycles. The minimum absolute atomic E-state index is 0.305. The highest BCUT2D eigenvalue weighted by atomic mass is 32.2. The molecule has 4 rings (SSSR count). The average Bonchev–Trinajstić information content (AvgIpc) is 3.15. The fourth-order valence-corrected chi connectivity index (χ4v) is 4.32. The lowest BCUT2D eigenvalue weighted by molar-refractivity contribution is 0.235. The first kappa shape index (κ1) is 18.5. The molecule has 3 aromatic rings. The largest absolute Gasteiger partial charge is 0.367 e. The average molecular weight is 408 g/mol. The zero-order valence-corrected chi connectivity index (χ0v) is 15.9. The summed E-state index contributed by atoms with van der Waals surface area (Å²) in [5.41, 5.74) is 1.12. The summed E-state index contributed by atoms with van der Waals surface area (Å²) in [6, 6.07) is 7.81. The summed E-state index contributed by atoms with van der Waals surface area (Å²) in [4.78, 5) is 12.0. The Kier molecular flexibility index (Phi) is 4.61. The molecule has 11 heteroatoms. The number of rotatable bonds is 4. The monoisotopic (exact) mass is 408 g/mol. The van der Waals surface area contributed by atoms with Crippen molar-refractivity contribution >= 4 is 27.1 Å². The lowest BCUT2D eigenvalue weighted by atomic mass is 10.2. The Balaban J connectivity index is 1.60. The van der Waals surface area contributed by atoms with Gasteiger partial charge in [-0.25, -0.2) is 13.4 Å². The molecular formula is C17H18F2N6O2S. The molecule has 1 aliphatic heterocycles. The van der Waals surface area contributed by atoms with Crippen LogP contribution in [0.5, 0.6) is 0 Å². The van der Waals surface area contributed by atoms with E-state index in [2.05, 4.69) is 20.0 Å². The second-order valence-electron chi connectivity index (χ2n) is 6.48. The van der Waals surface area contributed by atoms with Gasteiger partial charge in [-0.05, 0) is 19.1 Å². The molecule has 0 amide bonds. The number of sulfone groups is 1. The van der Waals surface area contributed by atoms with Gasteiger partial charge in [0.15, 0.2) is 0 Å². The highest BCUT2D eigenvalue weighted by molar-refractivity contribution is 7.91. The number of aryl methyl sites for hydroxylation is 1. The molecule has 0 unspecified atom stereocenters. The Hall–Kier alpha value is -2.82. The first-order valence-electron chi connectivity index (χ1n) is 8.66. The molecule has 1 saturated heterocycles. The van der Waals surface area contributed by atoms with Gasteiger partial charge in [-0.1, -0.05) is 12.1 Å². The van der Waals surface area contributed by atoms with Gasteiger partial charge in [0.2, 0.25) is 9.84 Å². The molecule has 0 N–H and O–H groups in total. The standard InChI is InChI=1S/C17H18F2N6O2S/c1-12-10-15(25-17(22-12)20-11-21-25)24-8-6-23(7-9-24)13-4-2-3-5-14(13)28(26,27)16(18)19/h2-5,10-11,16H,6-9H2,1H3. The maximum absolute atomic E-state index is 13.0. The third-order valence-corrected chi connectivity index (χ3v) is 6.14. The van der Waals surface area contributed by atoms with Gasteiger partial charge >= 0.3 is 5.76 Å². The minimum Gasteiger partial charge on any atom is -0.367 e. The Morgan fingerprint density at radius 3 is 2.46 bits per heavy atom. The first-order valence-corrected chi connectivity index (χ1v) is 10.2. The zero-order chi connectivity index (χ0) is 19.9. The highest BCUT2D eigenvalue weighted by Gasteiger charge is 2.31. The first-order chi connectivity index (χ1) is 13.4. The van der Waals surface area contributed by atoms with Gasteiger partial charge in [0.05, 0.1) is 10.6 Å². The lowest BCUT2D eigenvalue weighted by Gasteiger charge is -2.37. The molecule has 0 bridgehead atoms. The topological polar surface area (TPSA) is 83.7 Å². The predicted molar refractivity (Wildman–Crippen MR) is 99.6 cm³/mol. The maximum Gasteiger partial charge on any atom is 0.341 e. The number of halogens is 2. The van der Waals surface area contributed by atoms with E-state index in [4.69, 9.17) is 0 Å². The Morgan fingerprint density at radius 1 is 1.07 bits per heavy atom. The Labute approximate surface area is 160 Å². The van der Waals surface area contributed by atoms with Crippen molar-refractivity contribution in [3.63, 3.8) is 0 Å². The SMILES string of the molecule is Cc1cc(N2CCN(c3ccccc3S(=O)(=O)C(F)F)CC2)n2ncnc2n1. The molecule has 3 heterocycles. The van der Waals surface area contributed by atoms with Crippen LogP contribution in [0.4, 0.5) is 20.3 Å². The molecule has 2 aromatic heterocycles. The predicted octanol–water partition coefficient (Wildman–Crippen LogP) is 1.76. The van der Waals surface area contributed by atoms with Gasteiger partial charge < -0.3 is 9.80 Å². The van der Waals surface area contributed by atoms with Gasteiger partial charge in [-0.2, -0.15) is 23.4 Å². The van der Waals surface area contributed by atoms with Crippen LogP contribution >= 0.6 is 0 Å².